The Hall–Kier alpha value is -1.84. The minimum atomic E-state index is 0.665. The van der Waals surface area contributed by atoms with Crippen molar-refractivity contribution in [1.29, 1.82) is 0 Å². The molecule has 0 bridgehead atoms. The zero-order valence-corrected chi connectivity index (χ0v) is 16.8. The number of aryl methyl sites for hydroxylation is 1. The summed E-state index contributed by atoms with van der Waals surface area (Å²) in [7, 11) is 4.31. The van der Waals surface area contributed by atoms with Crippen LogP contribution in [0.15, 0.2) is 54.6 Å². The van der Waals surface area contributed by atoms with E-state index in [1.165, 1.54) is 23.2 Å². The fraction of sp³-hybridized carbons (Fsp3) is 0.478. The van der Waals surface area contributed by atoms with Crippen LogP contribution >= 0.6 is 0 Å². The molecule has 1 aliphatic rings. The van der Waals surface area contributed by atoms with Gasteiger partial charge in [-0.3, -0.25) is 0 Å². The number of para-hydroxylation sites is 1. The Kier molecular flexibility index (Phi) is 8.66. The number of rotatable bonds is 5. The number of ether oxygens (including phenoxy) is 1. The summed E-state index contributed by atoms with van der Waals surface area (Å²) in [5.74, 6) is 0. The molecule has 0 spiro atoms. The Bertz CT molecular complexity index is 604. The van der Waals surface area contributed by atoms with Gasteiger partial charge in [0.2, 0.25) is 0 Å². The molecular formula is C23H34N2O. The van der Waals surface area contributed by atoms with Crippen LogP contribution in [-0.2, 0) is 11.2 Å². The third-order valence-corrected chi connectivity index (χ3v) is 4.93. The molecule has 0 aromatic heterocycles. The van der Waals surface area contributed by atoms with E-state index < -0.39 is 0 Å². The average Bonchev–Trinajstić information content (AvgIpc) is 2.69. The molecule has 2 aromatic carbocycles. The molecule has 1 heterocycles. The molecular weight excluding hydrogens is 320 g/mol. The molecule has 2 aromatic rings. The second kappa shape index (κ2) is 11.0. The van der Waals surface area contributed by atoms with Crippen molar-refractivity contribution >= 4 is 5.69 Å². The number of hydrogen-bond acceptors (Lipinski definition) is 3. The minimum Gasteiger partial charge on any atom is -0.378 e. The maximum absolute atomic E-state index is 5.28. The fourth-order valence-corrected chi connectivity index (χ4v) is 3.15. The predicted molar refractivity (Wildman–Crippen MR) is 112 cm³/mol. The van der Waals surface area contributed by atoms with Crippen LogP contribution in [0, 0.1) is 6.92 Å². The molecule has 0 saturated carbocycles. The van der Waals surface area contributed by atoms with Gasteiger partial charge >= 0.3 is 0 Å². The molecule has 3 nitrogen and oxygen atoms in total. The summed E-state index contributed by atoms with van der Waals surface area (Å²) in [5, 5.41) is 0. The van der Waals surface area contributed by atoms with Crippen molar-refractivity contribution in [3.05, 3.63) is 65.7 Å². The monoisotopic (exact) mass is 354 g/mol. The molecule has 1 unspecified atom stereocenters. The Morgan fingerprint density at radius 2 is 1.58 bits per heavy atom. The van der Waals surface area contributed by atoms with Gasteiger partial charge in [0.1, 0.15) is 0 Å². The fourth-order valence-electron chi connectivity index (χ4n) is 3.15. The van der Waals surface area contributed by atoms with E-state index in [1.807, 2.05) is 6.07 Å². The predicted octanol–water partition coefficient (Wildman–Crippen LogP) is 4.40. The van der Waals surface area contributed by atoms with Gasteiger partial charge in [-0.05, 0) is 51.6 Å². The Morgan fingerprint density at radius 3 is 2.12 bits per heavy atom. The van der Waals surface area contributed by atoms with Crippen LogP contribution in [0.1, 0.15) is 24.5 Å². The van der Waals surface area contributed by atoms with Crippen LogP contribution in [0.3, 0.4) is 0 Å². The summed E-state index contributed by atoms with van der Waals surface area (Å²) in [4.78, 5) is 4.66. The molecule has 26 heavy (non-hydrogen) atoms. The summed E-state index contributed by atoms with van der Waals surface area (Å²) in [6, 6.07) is 20.0. The standard InChI is InChI=1S/C13H21N.C10H13NO/c1-5-13(14(3)4)10-12-8-6-11(2)7-9-12;1-2-4-10(5-3-1)11-6-8-12-9-7-11/h6-9,13H,5,10H2,1-4H3;1-5H,6-9H2. The highest BCUT2D eigenvalue weighted by Crippen LogP contribution is 2.14. The van der Waals surface area contributed by atoms with E-state index in [4.69, 9.17) is 4.74 Å². The highest BCUT2D eigenvalue weighted by Gasteiger charge is 2.10. The van der Waals surface area contributed by atoms with Gasteiger partial charge in [-0.25, -0.2) is 0 Å². The molecule has 0 amide bonds. The normalized spacial score (nSPS) is 15.3. The molecule has 3 rings (SSSR count). The van der Waals surface area contributed by atoms with Gasteiger partial charge in [-0.1, -0.05) is 55.0 Å². The number of hydrogen-bond donors (Lipinski definition) is 0. The molecule has 0 N–H and O–H groups in total. The quantitative estimate of drug-likeness (QED) is 0.791. The highest BCUT2D eigenvalue weighted by molar-refractivity contribution is 5.46. The third-order valence-electron chi connectivity index (χ3n) is 4.93. The molecule has 0 aliphatic carbocycles. The molecule has 142 valence electrons. The second-order valence-electron chi connectivity index (χ2n) is 7.15. The van der Waals surface area contributed by atoms with E-state index in [1.54, 1.807) is 0 Å². The summed E-state index contributed by atoms with van der Waals surface area (Å²) >= 11 is 0. The van der Waals surface area contributed by atoms with Crippen molar-refractivity contribution in [2.75, 3.05) is 45.3 Å². The molecule has 1 atom stereocenters. The van der Waals surface area contributed by atoms with Crippen LogP contribution in [0.2, 0.25) is 0 Å². The van der Waals surface area contributed by atoms with E-state index in [9.17, 15) is 0 Å². The molecule has 1 saturated heterocycles. The average molecular weight is 355 g/mol. The smallest absolute Gasteiger partial charge is 0.0642 e. The van der Waals surface area contributed by atoms with Crippen molar-refractivity contribution in [1.82, 2.24) is 4.90 Å². The molecule has 1 fully saturated rings. The zero-order valence-electron chi connectivity index (χ0n) is 16.8. The number of anilines is 1. The first kappa shape index (κ1) is 20.5. The summed E-state index contributed by atoms with van der Waals surface area (Å²) in [5.41, 5.74) is 4.09. The SMILES string of the molecule is CCC(Cc1ccc(C)cc1)N(C)C.c1ccc(N2CCOCC2)cc1. The van der Waals surface area contributed by atoms with Crippen molar-refractivity contribution in [3.63, 3.8) is 0 Å². The molecule has 0 radical (unpaired) electrons. The first-order valence-corrected chi connectivity index (χ1v) is 9.70. The molecule has 1 aliphatic heterocycles. The zero-order chi connectivity index (χ0) is 18.8. The maximum Gasteiger partial charge on any atom is 0.0642 e. The first-order valence-electron chi connectivity index (χ1n) is 9.70. The van der Waals surface area contributed by atoms with Crippen molar-refractivity contribution < 1.29 is 4.74 Å². The van der Waals surface area contributed by atoms with Gasteiger partial charge < -0.3 is 14.5 Å². The largest absolute Gasteiger partial charge is 0.378 e. The Morgan fingerprint density at radius 1 is 0.962 bits per heavy atom. The van der Waals surface area contributed by atoms with Crippen molar-refractivity contribution in [3.8, 4) is 0 Å². The number of benzene rings is 2. The number of nitrogens with zero attached hydrogens (tertiary/aromatic N) is 2. The lowest BCUT2D eigenvalue weighted by Gasteiger charge is -2.28. The van der Waals surface area contributed by atoms with E-state index in [2.05, 4.69) is 86.3 Å². The van der Waals surface area contributed by atoms with Gasteiger partial charge in [-0.15, -0.1) is 0 Å². The number of morpholine rings is 1. The Balaban J connectivity index is 0.000000189. The van der Waals surface area contributed by atoms with E-state index in [-0.39, 0.29) is 0 Å². The molecule has 3 heteroatoms. The number of likely N-dealkylation sites (N-methyl/N-ethyl adjacent to an activating group) is 1. The first-order chi connectivity index (χ1) is 12.6. The third kappa shape index (κ3) is 6.81. The lowest BCUT2D eigenvalue weighted by molar-refractivity contribution is 0.122. The van der Waals surface area contributed by atoms with Gasteiger partial charge in [0, 0.05) is 24.8 Å². The minimum absolute atomic E-state index is 0.665. The lowest BCUT2D eigenvalue weighted by Crippen LogP contribution is -2.36. The van der Waals surface area contributed by atoms with Gasteiger partial charge in [0.15, 0.2) is 0 Å². The van der Waals surface area contributed by atoms with Crippen LogP contribution in [0.5, 0.6) is 0 Å². The van der Waals surface area contributed by atoms with Crippen molar-refractivity contribution in [2.45, 2.75) is 32.7 Å². The van der Waals surface area contributed by atoms with Gasteiger partial charge in [-0.2, -0.15) is 0 Å². The van der Waals surface area contributed by atoms with E-state index >= 15 is 0 Å². The second-order valence-corrected chi connectivity index (χ2v) is 7.15. The summed E-state index contributed by atoms with van der Waals surface area (Å²) in [6.45, 7) is 8.13. The summed E-state index contributed by atoms with van der Waals surface area (Å²) in [6.07, 6.45) is 2.37. The Labute approximate surface area is 159 Å². The lowest BCUT2D eigenvalue weighted by atomic mass is 10.0. The highest BCUT2D eigenvalue weighted by atomic mass is 16.5. The van der Waals surface area contributed by atoms with Crippen LogP contribution in [0.4, 0.5) is 5.69 Å². The van der Waals surface area contributed by atoms with Crippen LogP contribution in [-0.4, -0.2) is 51.3 Å². The topological polar surface area (TPSA) is 15.7 Å². The van der Waals surface area contributed by atoms with Crippen molar-refractivity contribution in [2.24, 2.45) is 0 Å². The van der Waals surface area contributed by atoms with Crippen LogP contribution in [0.25, 0.3) is 0 Å². The van der Waals surface area contributed by atoms with E-state index in [0.29, 0.717) is 6.04 Å². The van der Waals surface area contributed by atoms with E-state index in [0.717, 1.165) is 32.7 Å². The van der Waals surface area contributed by atoms with Gasteiger partial charge in [0.25, 0.3) is 0 Å². The maximum atomic E-state index is 5.28. The van der Waals surface area contributed by atoms with Gasteiger partial charge in [0.05, 0.1) is 13.2 Å². The van der Waals surface area contributed by atoms with Crippen LogP contribution < -0.4 is 4.90 Å². The summed E-state index contributed by atoms with van der Waals surface area (Å²) < 4.78 is 5.28.